The smallest absolute Gasteiger partial charge is 0.266 e. The molecule has 4 heterocycles. The highest BCUT2D eigenvalue weighted by atomic mass is 32.1. The molecule has 0 aliphatic carbocycles. The number of hydrogen-bond donors (Lipinski definition) is 0. The molecule has 1 atom stereocenters. The Kier molecular flexibility index (Phi) is 5.47. The highest BCUT2D eigenvalue weighted by molar-refractivity contribution is 7.13. The number of pyridine rings is 1. The molecule has 0 bridgehead atoms. The van der Waals surface area contributed by atoms with Gasteiger partial charge in [0, 0.05) is 13.0 Å². The van der Waals surface area contributed by atoms with Gasteiger partial charge in [0.15, 0.2) is 0 Å². The Balaban J connectivity index is 1.58. The molecule has 3 aromatic heterocycles. The summed E-state index contributed by atoms with van der Waals surface area (Å²) in [6, 6.07) is 5.86. The maximum Gasteiger partial charge on any atom is 0.266 e. The van der Waals surface area contributed by atoms with Gasteiger partial charge in [0.2, 0.25) is 0 Å². The van der Waals surface area contributed by atoms with E-state index in [0.29, 0.717) is 24.6 Å². The lowest BCUT2D eigenvalue weighted by Crippen LogP contribution is -2.42. The van der Waals surface area contributed by atoms with Crippen LogP contribution < -0.4 is 0 Å². The van der Waals surface area contributed by atoms with Crippen molar-refractivity contribution in [2.45, 2.75) is 40.2 Å². The van der Waals surface area contributed by atoms with Gasteiger partial charge in [0.05, 0.1) is 46.5 Å². The number of aromatic nitrogens is 3. The van der Waals surface area contributed by atoms with Gasteiger partial charge in [0.1, 0.15) is 16.7 Å². The van der Waals surface area contributed by atoms with Crippen molar-refractivity contribution in [1.29, 1.82) is 0 Å². The Labute approximate surface area is 173 Å². The molecule has 0 spiro atoms. The Morgan fingerprint density at radius 1 is 1.24 bits per heavy atom. The van der Waals surface area contributed by atoms with Gasteiger partial charge < -0.3 is 14.2 Å². The molecule has 7 nitrogen and oxygen atoms in total. The van der Waals surface area contributed by atoms with E-state index in [0.717, 1.165) is 45.5 Å². The van der Waals surface area contributed by atoms with Gasteiger partial charge in [0.25, 0.3) is 5.91 Å². The average molecular weight is 413 g/mol. The number of aryl methyl sites for hydroxylation is 4. The summed E-state index contributed by atoms with van der Waals surface area (Å²) in [5.74, 6) is 0.838. The number of thiazole rings is 1. The van der Waals surface area contributed by atoms with Crippen molar-refractivity contribution in [3.63, 3.8) is 0 Å². The third-order valence-corrected chi connectivity index (χ3v) is 6.12. The number of carbonyl (C=O) groups excluding carboxylic acids is 1. The van der Waals surface area contributed by atoms with E-state index in [1.165, 1.54) is 11.3 Å². The van der Waals surface area contributed by atoms with Crippen LogP contribution in [-0.4, -0.2) is 45.6 Å². The first-order valence-corrected chi connectivity index (χ1v) is 10.6. The molecule has 1 aliphatic rings. The molecule has 1 fully saturated rings. The topological polar surface area (TPSA) is 81.4 Å². The summed E-state index contributed by atoms with van der Waals surface area (Å²) >= 11 is 1.44. The Morgan fingerprint density at radius 2 is 2.07 bits per heavy atom. The summed E-state index contributed by atoms with van der Waals surface area (Å²) in [6.07, 6.45) is 0.477. The molecule has 0 N–H and O–H groups in total. The van der Waals surface area contributed by atoms with Gasteiger partial charge in [-0.25, -0.2) is 9.97 Å². The lowest BCUT2D eigenvalue weighted by Gasteiger charge is -2.32. The van der Waals surface area contributed by atoms with E-state index >= 15 is 0 Å². The standard InChI is InChI=1S/C21H24N4O3S/c1-5-17-19(12(2)24-28-17)16-8-6-7-15(23-16)18-11-25(9-10-27-18)21(26)20-13(3)22-14(4)29-20/h6-8,18H,5,9-11H2,1-4H3. The van der Waals surface area contributed by atoms with E-state index in [1.54, 1.807) is 0 Å². The highest BCUT2D eigenvalue weighted by Crippen LogP contribution is 2.29. The number of morpholine rings is 1. The van der Waals surface area contributed by atoms with Crippen LogP contribution in [-0.2, 0) is 11.2 Å². The summed E-state index contributed by atoms with van der Waals surface area (Å²) in [7, 11) is 0. The first kappa shape index (κ1) is 19.7. The van der Waals surface area contributed by atoms with Gasteiger partial charge in [-0.05, 0) is 32.9 Å². The van der Waals surface area contributed by atoms with Crippen molar-refractivity contribution in [2.24, 2.45) is 0 Å². The number of hydrogen-bond acceptors (Lipinski definition) is 7. The molecule has 0 radical (unpaired) electrons. The molecule has 4 rings (SSSR count). The third-order valence-electron chi connectivity index (χ3n) is 5.06. The van der Waals surface area contributed by atoms with Crippen molar-refractivity contribution in [1.82, 2.24) is 20.0 Å². The maximum absolute atomic E-state index is 13.0. The Hall–Kier alpha value is -2.58. The quantitative estimate of drug-likeness (QED) is 0.647. The van der Waals surface area contributed by atoms with E-state index in [4.69, 9.17) is 14.2 Å². The number of rotatable bonds is 4. The minimum atomic E-state index is -0.271. The second-order valence-corrected chi connectivity index (χ2v) is 8.33. The van der Waals surface area contributed by atoms with Crippen LogP contribution in [0.25, 0.3) is 11.3 Å². The normalized spacial score (nSPS) is 17.0. The maximum atomic E-state index is 13.0. The molecule has 1 aliphatic heterocycles. The molecular formula is C21H24N4O3S. The molecule has 1 unspecified atom stereocenters. The van der Waals surface area contributed by atoms with E-state index in [2.05, 4.69) is 10.1 Å². The summed E-state index contributed by atoms with van der Waals surface area (Å²) in [5.41, 5.74) is 4.17. The molecule has 3 aromatic rings. The van der Waals surface area contributed by atoms with Crippen LogP contribution in [0.1, 0.15) is 50.5 Å². The minimum absolute atomic E-state index is 0.0145. The van der Waals surface area contributed by atoms with Gasteiger partial charge in [-0.1, -0.05) is 18.1 Å². The third kappa shape index (κ3) is 3.82. The molecule has 1 amide bonds. The fourth-order valence-electron chi connectivity index (χ4n) is 3.64. The molecule has 29 heavy (non-hydrogen) atoms. The minimum Gasteiger partial charge on any atom is -0.368 e. The van der Waals surface area contributed by atoms with E-state index in [9.17, 15) is 4.79 Å². The SMILES string of the molecule is CCc1onc(C)c1-c1cccc(C2CN(C(=O)c3sc(C)nc3C)CCO2)n1. The molecule has 1 saturated heterocycles. The average Bonchev–Trinajstić information content (AvgIpc) is 3.28. The zero-order chi connectivity index (χ0) is 20.5. The van der Waals surface area contributed by atoms with Crippen LogP contribution in [0.4, 0.5) is 0 Å². The number of amides is 1. The predicted octanol–water partition coefficient (Wildman–Crippen LogP) is 3.89. The predicted molar refractivity (Wildman–Crippen MR) is 110 cm³/mol. The molecule has 152 valence electrons. The Bertz CT molecular complexity index is 1040. The molecule has 0 aromatic carbocycles. The van der Waals surface area contributed by atoms with Crippen LogP contribution in [0.2, 0.25) is 0 Å². The zero-order valence-corrected chi connectivity index (χ0v) is 17.9. The fraction of sp³-hybridized carbons (Fsp3) is 0.429. The second-order valence-electron chi connectivity index (χ2n) is 7.13. The van der Waals surface area contributed by atoms with Crippen LogP contribution in [0.5, 0.6) is 0 Å². The zero-order valence-electron chi connectivity index (χ0n) is 17.1. The largest absolute Gasteiger partial charge is 0.368 e. The van der Waals surface area contributed by atoms with Crippen LogP contribution >= 0.6 is 11.3 Å². The van der Waals surface area contributed by atoms with Gasteiger partial charge >= 0.3 is 0 Å². The molecular weight excluding hydrogens is 388 g/mol. The monoisotopic (exact) mass is 412 g/mol. The lowest BCUT2D eigenvalue weighted by molar-refractivity contribution is -0.0245. The van der Waals surface area contributed by atoms with Gasteiger partial charge in [-0.3, -0.25) is 4.79 Å². The van der Waals surface area contributed by atoms with Crippen molar-refractivity contribution in [2.75, 3.05) is 19.7 Å². The number of carbonyl (C=O) groups is 1. The van der Waals surface area contributed by atoms with Crippen molar-refractivity contribution < 1.29 is 14.1 Å². The van der Waals surface area contributed by atoms with Gasteiger partial charge in [-0.2, -0.15) is 0 Å². The van der Waals surface area contributed by atoms with Crippen molar-refractivity contribution in [3.05, 3.63) is 50.9 Å². The first-order valence-electron chi connectivity index (χ1n) is 9.75. The summed E-state index contributed by atoms with van der Waals surface area (Å²) in [4.78, 5) is 24.7. The lowest BCUT2D eigenvalue weighted by atomic mass is 10.1. The van der Waals surface area contributed by atoms with E-state index < -0.39 is 0 Å². The van der Waals surface area contributed by atoms with Crippen molar-refractivity contribution >= 4 is 17.2 Å². The van der Waals surface area contributed by atoms with Crippen LogP contribution in [0.15, 0.2) is 22.7 Å². The highest BCUT2D eigenvalue weighted by Gasteiger charge is 2.29. The summed E-state index contributed by atoms with van der Waals surface area (Å²) < 4.78 is 11.4. The number of ether oxygens (including phenoxy) is 1. The second kappa shape index (κ2) is 8.04. The molecule has 0 saturated carbocycles. The fourth-order valence-corrected chi connectivity index (χ4v) is 4.53. The van der Waals surface area contributed by atoms with E-state index in [-0.39, 0.29) is 12.0 Å². The van der Waals surface area contributed by atoms with Crippen LogP contribution in [0, 0.1) is 20.8 Å². The van der Waals surface area contributed by atoms with Gasteiger partial charge in [-0.15, -0.1) is 11.3 Å². The van der Waals surface area contributed by atoms with Crippen LogP contribution in [0.3, 0.4) is 0 Å². The number of nitrogens with zero attached hydrogens (tertiary/aromatic N) is 4. The van der Waals surface area contributed by atoms with Crippen molar-refractivity contribution in [3.8, 4) is 11.3 Å². The first-order chi connectivity index (χ1) is 14.0. The van der Waals surface area contributed by atoms with E-state index in [1.807, 2.05) is 50.8 Å². The molecule has 8 heteroatoms. The Morgan fingerprint density at radius 3 is 2.79 bits per heavy atom. The summed E-state index contributed by atoms with van der Waals surface area (Å²) in [6.45, 7) is 9.26. The summed E-state index contributed by atoms with van der Waals surface area (Å²) in [5, 5.41) is 4.98.